The molecule has 2 N–H and O–H groups in total. The van der Waals surface area contributed by atoms with E-state index in [1.54, 1.807) is 25.1 Å². The first-order valence-electron chi connectivity index (χ1n) is 7.89. The summed E-state index contributed by atoms with van der Waals surface area (Å²) < 4.78 is 0. The maximum atomic E-state index is 12.3. The summed E-state index contributed by atoms with van der Waals surface area (Å²) in [7, 11) is 0. The van der Waals surface area contributed by atoms with Gasteiger partial charge in [0, 0.05) is 17.3 Å². The van der Waals surface area contributed by atoms with Crippen molar-refractivity contribution in [2.45, 2.75) is 13.3 Å². The lowest BCUT2D eigenvalue weighted by atomic mass is 10.0. The topological polar surface area (TPSA) is 133 Å². The number of carbonyl (C=O) groups is 2. The largest absolute Gasteiger partial charge is 0.478 e. The highest BCUT2D eigenvalue weighted by Crippen LogP contribution is 2.22. The first kappa shape index (κ1) is 19.3. The van der Waals surface area contributed by atoms with E-state index in [0.29, 0.717) is 23.2 Å². The molecule has 0 aliphatic heterocycles. The number of benzene rings is 2. The standard InChI is InChI=1S/C19H15N3O5/c1-2-13-4-3-12(10-17(13)22(26)27)9-15(11-20)18(23)21-16-7-5-14(6-8-16)19(24)25/h3-10H,2H2,1H3,(H,21,23)(H,24,25)/b15-9+. The molecular formula is C19H15N3O5. The molecule has 1 amide bonds. The van der Waals surface area contributed by atoms with Crippen LogP contribution in [-0.4, -0.2) is 21.9 Å². The third-order valence-corrected chi connectivity index (χ3v) is 3.75. The quantitative estimate of drug-likeness (QED) is 0.349. The van der Waals surface area contributed by atoms with Gasteiger partial charge >= 0.3 is 5.97 Å². The van der Waals surface area contributed by atoms with Crippen LogP contribution in [0.5, 0.6) is 0 Å². The van der Waals surface area contributed by atoms with Gasteiger partial charge < -0.3 is 10.4 Å². The van der Waals surface area contributed by atoms with Gasteiger partial charge in [-0.2, -0.15) is 5.26 Å². The number of aromatic carboxylic acids is 1. The van der Waals surface area contributed by atoms with Crippen LogP contribution in [0.3, 0.4) is 0 Å². The van der Waals surface area contributed by atoms with Crippen molar-refractivity contribution >= 4 is 29.3 Å². The molecule has 0 atom stereocenters. The van der Waals surface area contributed by atoms with Crippen LogP contribution in [0, 0.1) is 21.4 Å². The van der Waals surface area contributed by atoms with Crippen molar-refractivity contribution in [1.82, 2.24) is 0 Å². The number of amides is 1. The third-order valence-electron chi connectivity index (χ3n) is 3.75. The van der Waals surface area contributed by atoms with Gasteiger partial charge in [-0.1, -0.05) is 19.1 Å². The molecule has 0 spiro atoms. The van der Waals surface area contributed by atoms with Gasteiger partial charge in [0.1, 0.15) is 11.6 Å². The number of carboxylic acids is 1. The van der Waals surface area contributed by atoms with Gasteiger partial charge in [-0.3, -0.25) is 14.9 Å². The van der Waals surface area contributed by atoms with Crippen LogP contribution in [0.1, 0.15) is 28.4 Å². The molecule has 136 valence electrons. The van der Waals surface area contributed by atoms with Crippen molar-refractivity contribution in [2.24, 2.45) is 0 Å². The molecule has 0 aliphatic carbocycles. The van der Waals surface area contributed by atoms with E-state index in [1.165, 1.54) is 36.4 Å². The van der Waals surface area contributed by atoms with Crippen LogP contribution < -0.4 is 5.32 Å². The zero-order valence-electron chi connectivity index (χ0n) is 14.3. The lowest BCUT2D eigenvalue weighted by molar-refractivity contribution is -0.385. The number of nitro groups is 1. The van der Waals surface area contributed by atoms with Crippen molar-refractivity contribution in [3.63, 3.8) is 0 Å². The summed E-state index contributed by atoms with van der Waals surface area (Å²) in [5.74, 6) is -1.80. The molecule has 8 heteroatoms. The molecule has 0 radical (unpaired) electrons. The monoisotopic (exact) mass is 365 g/mol. The number of rotatable bonds is 6. The Labute approximate surface area is 154 Å². The molecule has 0 unspecified atom stereocenters. The minimum atomic E-state index is -1.09. The smallest absolute Gasteiger partial charge is 0.335 e. The van der Waals surface area contributed by atoms with E-state index < -0.39 is 16.8 Å². The summed E-state index contributed by atoms with van der Waals surface area (Å²) in [6, 6.07) is 11.7. The Morgan fingerprint density at radius 2 is 1.93 bits per heavy atom. The van der Waals surface area contributed by atoms with Gasteiger partial charge in [-0.15, -0.1) is 0 Å². The number of nitrogens with zero attached hydrogens (tertiary/aromatic N) is 2. The van der Waals surface area contributed by atoms with E-state index in [9.17, 15) is 25.0 Å². The van der Waals surface area contributed by atoms with Crippen molar-refractivity contribution in [3.05, 3.63) is 74.8 Å². The molecule has 0 saturated heterocycles. The number of nitriles is 1. The summed E-state index contributed by atoms with van der Waals surface area (Å²) in [5, 5.41) is 31.7. The summed E-state index contributed by atoms with van der Waals surface area (Å²) >= 11 is 0. The van der Waals surface area contributed by atoms with Crippen LogP contribution in [0.15, 0.2) is 48.0 Å². The summed E-state index contributed by atoms with van der Waals surface area (Å²) in [4.78, 5) is 33.7. The molecule has 8 nitrogen and oxygen atoms in total. The van der Waals surface area contributed by atoms with Crippen molar-refractivity contribution in [1.29, 1.82) is 5.26 Å². The fraction of sp³-hybridized carbons (Fsp3) is 0.105. The molecular weight excluding hydrogens is 350 g/mol. The first-order valence-corrected chi connectivity index (χ1v) is 7.89. The van der Waals surface area contributed by atoms with Crippen LogP contribution >= 0.6 is 0 Å². The molecule has 0 fully saturated rings. The second-order valence-corrected chi connectivity index (χ2v) is 5.51. The SMILES string of the molecule is CCc1ccc(/C=C(\C#N)C(=O)Nc2ccc(C(=O)O)cc2)cc1[N+](=O)[O-]. The van der Waals surface area contributed by atoms with Gasteiger partial charge in [-0.05, 0) is 42.3 Å². The zero-order valence-corrected chi connectivity index (χ0v) is 14.3. The molecule has 0 aromatic heterocycles. The molecule has 2 aromatic rings. The predicted molar refractivity (Wildman–Crippen MR) is 98.1 cm³/mol. The Morgan fingerprint density at radius 3 is 2.44 bits per heavy atom. The molecule has 0 bridgehead atoms. The maximum Gasteiger partial charge on any atom is 0.335 e. The molecule has 27 heavy (non-hydrogen) atoms. The number of nitro benzene ring substituents is 1. The number of hydrogen-bond donors (Lipinski definition) is 2. The molecule has 2 rings (SSSR count). The summed E-state index contributed by atoms with van der Waals surface area (Å²) in [6.45, 7) is 1.79. The van der Waals surface area contributed by atoms with Gasteiger partial charge in [0.05, 0.1) is 10.5 Å². The highest BCUT2D eigenvalue weighted by molar-refractivity contribution is 6.09. The fourth-order valence-electron chi connectivity index (χ4n) is 2.35. The minimum absolute atomic E-state index is 0.0624. The lowest BCUT2D eigenvalue weighted by Gasteiger charge is -2.05. The number of carbonyl (C=O) groups excluding carboxylic acids is 1. The Bertz CT molecular complexity index is 972. The number of anilines is 1. The van der Waals surface area contributed by atoms with Crippen LogP contribution in [0.2, 0.25) is 0 Å². The minimum Gasteiger partial charge on any atom is -0.478 e. The van der Waals surface area contributed by atoms with Crippen molar-refractivity contribution in [3.8, 4) is 6.07 Å². The highest BCUT2D eigenvalue weighted by atomic mass is 16.6. The Balaban J connectivity index is 2.26. The van der Waals surface area contributed by atoms with Crippen molar-refractivity contribution < 1.29 is 19.6 Å². The van der Waals surface area contributed by atoms with Gasteiger partial charge in [0.15, 0.2) is 0 Å². The molecule has 0 heterocycles. The van der Waals surface area contributed by atoms with Gasteiger partial charge in [-0.25, -0.2) is 4.79 Å². The molecule has 0 aliphatic rings. The summed E-state index contributed by atoms with van der Waals surface area (Å²) in [6.07, 6.45) is 1.74. The van der Waals surface area contributed by atoms with E-state index in [2.05, 4.69) is 5.32 Å². The van der Waals surface area contributed by atoms with Crippen LogP contribution in [0.25, 0.3) is 6.08 Å². The van der Waals surface area contributed by atoms with Crippen molar-refractivity contribution in [2.75, 3.05) is 5.32 Å². The molecule has 0 saturated carbocycles. The van der Waals surface area contributed by atoms with E-state index in [0.717, 1.165) is 0 Å². The number of aryl methyl sites for hydroxylation is 1. The lowest BCUT2D eigenvalue weighted by Crippen LogP contribution is -2.13. The normalized spacial score (nSPS) is 10.7. The fourth-order valence-corrected chi connectivity index (χ4v) is 2.35. The molecule has 2 aromatic carbocycles. The van der Waals surface area contributed by atoms with Crippen LogP contribution in [-0.2, 0) is 11.2 Å². The first-order chi connectivity index (χ1) is 12.8. The average molecular weight is 365 g/mol. The number of hydrogen-bond acceptors (Lipinski definition) is 5. The summed E-state index contributed by atoms with van der Waals surface area (Å²) in [5.41, 5.74) is 0.973. The third kappa shape index (κ3) is 4.76. The zero-order chi connectivity index (χ0) is 20.0. The average Bonchev–Trinajstić information content (AvgIpc) is 2.66. The predicted octanol–water partition coefficient (Wildman–Crippen LogP) is 3.40. The van der Waals surface area contributed by atoms with E-state index in [-0.39, 0.29) is 16.8 Å². The Morgan fingerprint density at radius 1 is 1.26 bits per heavy atom. The maximum absolute atomic E-state index is 12.3. The number of carboxylic acid groups (broad SMARTS) is 1. The Hall–Kier alpha value is -3.99. The Kier molecular flexibility index (Phi) is 6.02. The van der Waals surface area contributed by atoms with E-state index in [4.69, 9.17) is 5.11 Å². The van der Waals surface area contributed by atoms with Gasteiger partial charge in [0.2, 0.25) is 0 Å². The van der Waals surface area contributed by atoms with Gasteiger partial charge in [0.25, 0.3) is 11.6 Å². The second kappa shape index (κ2) is 8.40. The number of nitrogens with one attached hydrogen (secondary N) is 1. The van der Waals surface area contributed by atoms with E-state index >= 15 is 0 Å². The van der Waals surface area contributed by atoms with E-state index in [1.807, 2.05) is 0 Å². The highest BCUT2D eigenvalue weighted by Gasteiger charge is 2.15. The second-order valence-electron chi connectivity index (χ2n) is 5.51. The van der Waals surface area contributed by atoms with Crippen LogP contribution in [0.4, 0.5) is 11.4 Å².